The highest BCUT2D eigenvalue weighted by atomic mass is 16.1. The van der Waals surface area contributed by atoms with Crippen LogP contribution in [-0.4, -0.2) is 25.0 Å². The maximum Gasteiger partial charge on any atom is 0.220 e. The van der Waals surface area contributed by atoms with Crippen LogP contribution in [0.2, 0.25) is 0 Å². The van der Waals surface area contributed by atoms with Crippen molar-refractivity contribution in [3.8, 4) is 0 Å². The monoisotopic (exact) mass is 240 g/mol. The van der Waals surface area contributed by atoms with E-state index in [0.29, 0.717) is 18.4 Å². The second-order valence-electron chi connectivity index (χ2n) is 5.27. The standard InChI is InChI=1S/C14H28N2O/c1-3-4-5-6-7-8-14(17)16-12(2)13-9-10-15-11-13/h12-13,15H,3-11H2,1-2H3,(H,16,17). The van der Waals surface area contributed by atoms with Gasteiger partial charge < -0.3 is 10.6 Å². The highest BCUT2D eigenvalue weighted by Crippen LogP contribution is 2.12. The third kappa shape index (κ3) is 6.06. The molecule has 0 saturated carbocycles. The predicted molar refractivity (Wildman–Crippen MR) is 72.0 cm³/mol. The summed E-state index contributed by atoms with van der Waals surface area (Å²) < 4.78 is 0. The topological polar surface area (TPSA) is 41.1 Å². The van der Waals surface area contributed by atoms with Gasteiger partial charge in [-0.2, -0.15) is 0 Å². The zero-order valence-corrected chi connectivity index (χ0v) is 11.4. The van der Waals surface area contributed by atoms with Crippen molar-refractivity contribution in [2.24, 2.45) is 5.92 Å². The van der Waals surface area contributed by atoms with E-state index >= 15 is 0 Å². The van der Waals surface area contributed by atoms with Crippen LogP contribution in [0.1, 0.15) is 58.8 Å². The molecule has 1 amide bonds. The molecule has 0 aromatic heterocycles. The maximum atomic E-state index is 11.7. The second kappa shape index (κ2) is 8.51. The SMILES string of the molecule is CCCCCCCC(=O)NC(C)C1CCNC1. The molecule has 0 aromatic carbocycles. The van der Waals surface area contributed by atoms with E-state index in [-0.39, 0.29) is 5.91 Å². The first-order valence-electron chi connectivity index (χ1n) is 7.24. The average molecular weight is 240 g/mol. The van der Waals surface area contributed by atoms with Gasteiger partial charge in [-0.15, -0.1) is 0 Å². The molecule has 1 rings (SSSR count). The van der Waals surface area contributed by atoms with E-state index in [1.54, 1.807) is 0 Å². The Morgan fingerprint density at radius 3 is 2.76 bits per heavy atom. The number of amides is 1. The molecule has 1 aliphatic rings. The van der Waals surface area contributed by atoms with Crippen molar-refractivity contribution >= 4 is 5.91 Å². The molecule has 0 aromatic rings. The van der Waals surface area contributed by atoms with Gasteiger partial charge in [0.1, 0.15) is 0 Å². The summed E-state index contributed by atoms with van der Waals surface area (Å²) >= 11 is 0. The van der Waals surface area contributed by atoms with E-state index in [0.717, 1.165) is 19.5 Å². The Morgan fingerprint density at radius 2 is 2.12 bits per heavy atom. The number of hydrogen-bond donors (Lipinski definition) is 2. The molecule has 1 aliphatic heterocycles. The first kappa shape index (κ1) is 14.5. The summed E-state index contributed by atoms with van der Waals surface area (Å²) in [5.74, 6) is 0.861. The number of nitrogens with one attached hydrogen (secondary N) is 2. The predicted octanol–water partition coefficient (Wildman–Crippen LogP) is 2.46. The van der Waals surface area contributed by atoms with Crippen LogP contribution in [-0.2, 0) is 4.79 Å². The van der Waals surface area contributed by atoms with Crippen LogP contribution in [0.3, 0.4) is 0 Å². The number of carbonyl (C=O) groups excluding carboxylic acids is 1. The highest BCUT2D eigenvalue weighted by molar-refractivity contribution is 5.76. The number of rotatable bonds is 8. The van der Waals surface area contributed by atoms with E-state index in [9.17, 15) is 4.79 Å². The minimum absolute atomic E-state index is 0.237. The van der Waals surface area contributed by atoms with Gasteiger partial charge in [-0.1, -0.05) is 32.6 Å². The molecule has 0 spiro atoms. The molecular weight excluding hydrogens is 212 g/mol. The molecular formula is C14H28N2O. The third-order valence-electron chi connectivity index (χ3n) is 3.70. The Hall–Kier alpha value is -0.570. The summed E-state index contributed by atoms with van der Waals surface area (Å²) in [5.41, 5.74) is 0. The van der Waals surface area contributed by atoms with Gasteiger partial charge in [0, 0.05) is 12.5 Å². The van der Waals surface area contributed by atoms with E-state index in [1.807, 2.05) is 0 Å². The van der Waals surface area contributed by atoms with Crippen LogP contribution in [0.25, 0.3) is 0 Å². The average Bonchev–Trinajstić information content (AvgIpc) is 2.82. The summed E-state index contributed by atoms with van der Waals surface area (Å²) in [6, 6.07) is 0.327. The fourth-order valence-electron chi connectivity index (χ4n) is 2.44. The van der Waals surface area contributed by atoms with Crippen molar-refractivity contribution in [2.75, 3.05) is 13.1 Å². The van der Waals surface area contributed by atoms with Crippen molar-refractivity contribution in [3.05, 3.63) is 0 Å². The quantitative estimate of drug-likeness (QED) is 0.640. The van der Waals surface area contributed by atoms with Gasteiger partial charge in [0.15, 0.2) is 0 Å². The summed E-state index contributed by atoms with van der Waals surface area (Å²) in [7, 11) is 0. The minimum atomic E-state index is 0.237. The largest absolute Gasteiger partial charge is 0.353 e. The van der Waals surface area contributed by atoms with Gasteiger partial charge in [0.25, 0.3) is 0 Å². The normalized spacial score (nSPS) is 21.4. The molecule has 1 heterocycles. The zero-order valence-electron chi connectivity index (χ0n) is 11.4. The summed E-state index contributed by atoms with van der Waals surface area (Å²) in [5, 5.41) is 6.48. The van der Waals surface area contributed by atoms with Crippen molar-refractivity contribution in [2.45, 2.75) is 64.8 Å². The fraction of sp³-hybridized carbons (Fsp3) is 0.929. The van der Waals surface area contributed by atoms with Gasteiger partial charge in [0.2, 0.25) is 5.91 Å². The smallest absolute Gasteiger partial charge is 0.220 e. The Morgan fingerprint density at radius 1 is 1.35 bits per heavy atom. The van der Waals surface area contributed by atoms with E-state index in [2.05, 4.69) is 24.5 Å². The van der Waals surface area contributed by atoms with Crippen molar-refractivity contribution in [1.29, 1.82) is 0 Å². The molecule has 1 saturated heterocycles. The molecule has 17 heavy (non-hydrogen) atoms. The molecule has 0 radical (unpaired) electrons. The minimum Gasteiger partial charge on any atom is -0.353 e. The van der Waals surface area contributed by atoms with E-state index < -0.39 is 0 Å². The summed E-state index contributed by atoms with van der Waals surface area (Å²) in [6.07, 6.45) is 7.96. The van der Waals surface area contributed by atoms with Crippen LogP contribution >= 0.6 is 0 Å². The molecule has 2 N–H and O–H groups in total. The van der Waals surface area contributed by atoms with Gasteiger partial charge in [-0.05, 0) is 38.8 Å². The number of hydrogen-bond acceptors (Lipinski definition) is 2. The lowest BCUT2D eigenvalue weighted by Crippen LogP contribution is -2.38. The van der Waals surface area contributed by atoms with Crippen LogP contribution < -0.4 is 10.6 Å². The lowest BCUT2D eigenvalue weighted by molar-refractivity contribution is -0.122. The fourth-order valence-corrected chi connectivity index (χ4v) is 2.44. The van der Waals surface area contributed by atoms with Crippen molar-refractivity contribution in [1.82, 2.24) is 10.6 Å². The Balaban J connectivity index is 2.03. The van der Waals surface area contributed by atoms with Crippen molar-refractivity contribution in [3.63, 3.8) is 0 Å². The summed E-state index contributed by atoms with van der Waals surface area (Å²) in [6.45, 7) is 6.50. The Labute approximate surface area is 106 Å². The first-order chi connectivity index (χ1) is 8.24. The second-order valence-corrected chi connectivity index (χ2v) is 5.27. The molecule has 2 atom stereocenters. The van der Waals surface area contributed by atoms with Gasteiger partial charge in [0.05, 0.1) is 0 Å². The number of unbranched alkanes of at least 4 members (excludes halogenated alkanes) is 4. The Bertz CT molecular complexity index is 212. The zero-order chi connectivity index (χ0) is 12.5. The molecule has 3 heteroatoms. The van der Waals surface area contributed by atoms with Crippen molar-refractivity contribution < 1.29 is 4.79 Å². The van der Waals surface area contributed by atoms with Gasteiger partial charge in [-0.25, -0.2) is 0 Å². The van der Waals surface area contributed by atoms with Crippen LogP contribution in [0.5, 0.6) is 0 Å². The van der Waals surface area contributed by atoms with E-state index in [1.165, 1.54) is 32.1 Å². The third-order valence-corrected chi connectivity index (χ3v) is 3.70. The molecule has 1 fully saturated rings. The molecule has 100 valence electrons. The lowest BCUT2D eigenvalue weighted by atomic mass is 10.0. The first-order valence-corrected chi connectivity index (χ1v) is 7.24. The maximum absolute atomic E-state index is 11.7. The molecule has 0 aliphatic carbocycles. The summed E-state index contributed by atoms with van der Waals surface area (Å²) in [4.78, 5) is 11.7. The van der Waals surface area contributed by atoms with Gasteiger partial charge in [-0.3, -0.25) is 4.79 Å². The van der Waals surface area contributed by atoms with Gasteiger partial charge >= 0.3 is 0 Å². The van der Waals surface area contributed by atoms with E-state index in [4.69, 9.17) is 0 Å². The van der Waals surface area contributed by atoms with Crippen LogP contribution in [0.15, 0.2) is 0 Å². The lowest BCUT2D eigenvalue weighted by Gasteiger charge is -2.19. The van der Waals surface area contributed by atoms with Crippen LogP contribution in [0, 0.1) is 5.92 Å². The van der Waals surface area contributed by atoms with Crippen LogP contribution in [0.4, 0.5) is 0 Å². The number of carbonyl (C=O) groups is 1. The highest BCUT2D eigenvalue weighted by Gasteiger charge is 2.22. The Kier molecular flexibility index (Phi) is 7.25. The molecule has 2 unspecified atom stereocenters. The molecule has 0 bridgehead atoms. The molecule has 3 nitrogen and oxygen atoms in total.